The van der Waals surface area contributed by atoms with E-state index in [1.165, 1.54) is 6.08 Å². The third kappa shape index (κ3) is 6.75. The Morgan fingerprint density at radius 1 is 0.974 bits per heavy atom. The zero-order chi connectivity index (χ0) is 27.8. The van der Waals surface area contributed by atoms with Gasteiger partial charge in [-0.15, -0.1) is 0 Å². The Balaban J connectivity index is 1.91. The molecule has 7 atom stereocenters. The molecule has 4 N–H and O–H groups in total. The zero-order valence-electron chi connectivity index (χ0n) is 20.7. The Bertz CT molecular complexity index is 1030. The van der Waals surface area contributed by atoms with E-state index in [1.54, 1.807) is 30.3 Å². The van der Waals surface area contributed by atoms with E-state index in [0.29, 0.717) is 5.56 Å². The summed E-state index contributed by atoms with van der Waals surface area (Å²) in [7, 11) is 2.30. The van der Waals surface area contributed by atoms with E-state index in [9.17, 15) is 34.8 Å². The number of hydrogen-bond acceptors (Lipinski definition) is 13. The fourth-order valence-corrected chi connectivity index (χ4v) is 3.95. The number of carbonyl (C=O) groups is 3. The molecule has 0 amide bonds. The van der Waals surface area contributed by atoms with Crippen LogP contribution in [0.25, 0.3) is 0 Å². The first-order valence-corrected chi connectivity index (χ1v) is 11.6. The Morgan fingerprint density at radius 3 is 2.32 bits per heavy atom. The summed E-state index contributed by atoms with van der Waals surface area (Å²) in [6.07, 6.45) is -7.35. The van der Waals surface area contributed by atoms with Crippen molar-refractivity contribution in [3.8, 4) is 0 Å². The molecule has 208 valence electrons. The van der Waals surface area contributed by atoms with Crippen LogP contribution in [0.4, 0.5) is 0 Å². The molecule has 0 aromatic heterocycles. The highest BCUT2D eigenvalue weighted by Crippen LogP contribution is 2.36. The number of hydrogen-bond donors (Lipinski definition) is 4. The van der Waals surface area contributed by atoms with Gasteiger partial charge >= 0.3 is 17.9 Å². The predicted molar refractivity (Wildman–Crippen MR) is 125 cm³/mol. The van der Waals surface area contributed by atoms with Gasteiger partial charge < -0.3 is 48.8 Å². The third-order valence-electron chi connectivity index (χ3n) is 6.04. The first-order valence-electron chi connectivity index (χ1n) is 11.6. The minimum atomic E-state index is -1.75. The van der Waals surface area contributed by atoms with Crippen molar-refractivity contribution in [1.29, 1.82) is 0 Å². The highest BCUT2D eigenvalue weighted by atomic mass is 16.8. The minimum absolute atomic E-state index is 0.0628. The summed E-state index contributed by atoms with van der Waals surface area (Å²) >= 11 is 0. The lowest BCUT2D eigenvalue weighted by molar-refractivity contribution is -0.327. The highest BCUT2D eigenvalue weighted by Gasteiger charge is 2.47. The molecule has 2 aliphatic rings. The van der Waals surface area contributed by atoms with Crippen molar-refractivity contribution in [1.82, 2.24) is 0 Å². The van der Waals surface area contributed by atoms with Crippen LogP contribution in [0.15, 0.2) is 53.8 Å². The summed E-state index contributed by atoms with van der Waals surface area (Å²) in [5.41, 5.74) is 0.351. The average molecular weight is 539 g/mol. The van der Waals surface area contributed by atoms with Gasteiger partial charge in [0.05, 0.1) is 44.6 Å². The number of aliphatic hydroxyl groups excluding tert-OH is 4. The van der Waals surface area contributed by atoms with Gasteiger partial charge in [0.15, 0.2) is 6.29 Å². The quantitative estimate of drug-likeness (QED) is 0.174. The molecule has 0 saturated carbocycles. The lowest BCUT2D eigenvalue weighted by atomic mass is 9.86. The smallest absolute Gasteiger partial charge is 0.338 e. The first kappa shape index (κ1) is 29.2. The average Bonchev–Trinajstić information content (AvgIpc) is 2.94. The van der Waals surface area contributed by atoms with Crippen molar-refractivity contribution < 1.29 is 63.2 Å². The maximum atomic E-state index is 12.4. The standard InChI is InChI=1S/C25H30O13/c1-33-18(27)10-15-14(8-9-35-22(31)13-6-4-3-5-7-13)24(36-12-16(15)23(32)34-2)38-25-21(30)20(29)19(28)17(11-26)37-25/h3-8,12,15,17,19-21,24-26,28-30H,9-11H2,1-2H3/b14-8+/t15-,17+,19+,20-,21+,24-,25-/m0/s1. The van der Waals surface area contributed by atoms with Crippen LogP contribution in [0.1, 0.15) is 16.8 Å². The highest BCUT2D eigenvalue weighted by molar-refractivity contribution is 5.91. The molecule has 0 radical (unpaired) electrons. The van der Waals surface area contributed by atoms with Crippen LogP contribution in [0, 0.1) is 5.92 Å². The second kappa shape index (κ2) is 13.5. The van der Waals surface area contributed by atoms with E-state index in [0.717, 1.165) is 20.5 Å². The third-order valence-corrected chi connectivity index (χ3v) is 6.04. The minimum Gasteiger partial charge on any atom is -0.469 e. The normalized spacial score (nSPS) is 30.1. The zero-order valence-corrected chi connectivity index (χ0v) is 20.7. The lowest BCUT2D eigenvalue weighted by Crippen LogP contribution is -2.60. The van der Waals surface area contributed by atoms with E-state index in [4.69, 9.17) is 28.4 Å². The second-order valence-electron chi connectivity index (χ2n) is 8.37. The van der Waals surface area contributed by atoms with Crippen LogP contribution < -0.4 is 0 Å². The molecule has 0 bridgehead atoms. The largest absolute Gasteiger partial charge is 0.469 e. The monoisotopic (exact) mass is 538 g/mol. The Labute approximate surface area is 217 Å². The molecule has 1 saturated heterocycles. The number of rotatable bonds is 9. The van der Waals surface area contributed by atoms with Crippen molar-refractivity contribution in [3.05, 3.63) is 59.4 Å². The summed E-state index contributed by atoms with van der Waals surface area (Å²) in [4.78, 5) is 37.0. The van der Waals surface area contributed by atoms with E-state index < -0.39 is 67.4 Å². The van der Waals surface area contributed by atoms with Gasteiger partial charge in [-0.1, -0.05) is 18.2 Å². The van der Waals surface area contributed by atoms with Crippen molar-refractivity contribution in [2.45, 2.75) is 43.4 Å². The van der Waals surface area contributed by atoms with Crippen molar-refractivity contribution in [3.63, 3.8) is 0 Å². The molecular weight excluding hydrogens is 508 g/mol. The number of methoxy groups -OCH3 is 2. The molecule has 13 nitrogen and oxygen atoms in total. The summed E-state index contributed by atoms with van der Waals surface area (Å²) in [5.74, 6) is -3.16. The summed E-state index contributed by atoms with van der Waals surface area (Å²) in [5, 5.41) is 40.0. The van der Waals surface area contributed by atoms with Gasteiger partial charge in [0.2, 0.25) is 6.29 Å². The van der Waals surface area contributed by atoms with Gasteiger partial charge in [-0.25, -0.2) is 9.59 Å². The van der Waals surface area contributed by atoms with Crippen LogP contribution >= 0.6 is 0 Å². The van der Waals surface area contributed by atoms with Crippen molar-refractivity contribution >= 4 is 17.9 Å². The van der Waals surface area contributed by atoms with Crippen LogP contribution in [0.5, 0.6) is 0 Å². The molecule has 0 spiro atoms. The molecule has 1 aromatic rings. The van der Waals surface area contributed by atoms with Gasteiger partial charge in [-0.3, -0.25) is 4.79 Å². The van der Waals surface area contributed by atoms with Gasteiger partial charge in [-0.2, -0.15) is 0 Å². The van der Waals surface area contributed by atoms with Crippen LogP contribution in [-0.2, 0) is 38.0 Å². The number of benzene rings is 1. The fraction of sp³-hybridized carbons (Fsp3) is 0.480. The number of ether oxygens (including phenoxy) is 6. The van der Waals surface area contributed by atoms with E-state index in [-0.39, 0.29) is 24.2 Å². The van der Waals surface area contributed by atoms with Gasteiger partial charge in [0.1, 0.15) is 31.0 Å². The van der Waals surface area contributed by atoms with Crippen molar-refractivity contribution in [2.24, 2.45) is 5.92 Å². The van der Waals surface area contributed by atoms with E-state index in [1.807, 2.05) is 0 Å². The van der Waals surface area contributed by atoms with E-state index in [2.05, 4.69) is 0 Å². The molecule has 2 heterocycles. The number of aliphatic hydroxyl groups is 4. The fourth-order valence-electron chi connectivity index (χ4n) is 3.95. The van der Waals surface area contributed by atoms with Gasteiger partial charge in [0.25, 0.3) is 0 Å². The molecule has 0 aliphatic carbocycles. The van der Waals surface area contributed by atoms with E-state index >= 15 is 0 Å². The summed E-state index contributed by atoms with van der Waals surface area (Å²) < 4.78 is 31.5. The maximum absolute atomic E-state index is 12.4. The topological polar surface area (TPSA) is 188 Å². The summed E-state index contributed by atoms with van der Waals surface area (Å²) in [6.45, 7) is -1.01. The Hall–Kier alpha value is -3.33. The Kier molecular flexibility index (Phi) is 10.4. The molecule has 1 fully saturated rings. The summed E-state index contributed by atoms with van der Waals surface area (Å²) in [6, 6.07) is 8.17. The van der Waals surface area contributed by atoms with Crippen LogP contribution in [0.3, 0.4) is 0 Å². The van der Waals surface area contributed by atoms with Crippen molar-refractivity contribution in [2.75, 3.05) is 27.4 Å². The van der Waals surface area contributed by atoms with Gasteiger partial charge in [0, 0.05) is 11.5 Å². The second-order valence-corrected chi connectivity index (χ2v) is 8.37. The van der Waals surface area contributed by atoms with Gasteiger partial charge in [-0.05, 0) is 18.2 Å². The number of carbonyl (C=O) groups excluding carboxylic acids is 3. The van der Waals surface area contributed by atoms with Crippen LogP contribution in [-0.4, -0.2) is 103 Å². The van der Waals surface area contributed by atoms with Crippen LogP contribution in [0.2, 0.25) is 0 Å². The molecular formula is C25H30O13. The Morgan fingerprint density at radius 2 is 1.68 bits per heavy atom. The lowest BCUT2D eigenvalue weighted by Gasteiger charge is -2.42. The predicted octanol–water partition coefficient (Wildman–Crippen LogP) is -0.821. The molecule has 0 unspecified atom stereocenters. The molecule has 2 aliphatic heterocycles. The SMILES string of the molecule is COC(=O)C[C@@H]1C(C(=O)OC)=CO[C@@H](O[C@@H]2O[C@H](CO)[C@@H](O)[C@H](O)[C@H]2O)/C1=C/COC(=O)c1ccccc1. The maximum Gasteiger partial charge on any atom is 0.338 e. The molecule has 3 rings (SSSR count). The molecule has 13 heteroatoms. The molecule has 1 aromatic carbocycles. The number of esters is 3. The molecule has 38 heavy (non-hydrogen) atoms. The first-order chi connectivity index (χ1) is 18.2.